The maximum absolute atomic E-state index is 12.6. The third kappa shape index (κ3) is 14.8. The molecular formula is C69H71NO13. The molecule has 83 heavy (non-hydrogen) atoms. The van der Waals surface area contributed by atoms with Gasteiger partial charge in [0, 0.05) is 11.1 Å². The van der Waals surface area contributed by atoms with Crippen LogP contribution < -0.4 is 9.47 Å². The summed E-state index contributed by atoms with van der Waals surface area (Å²) >= 11 is 0. The van der Waals surface area contributed by atoms with E-state index in [9.17, 15) is 10.2 Å². The van der Waals surface area contributed by atoms with E-state index >= 15 is 0 Å². The molecule has 8 aromatic carbocycles. The molecule has 0 aromatic heterocycles. The molecule has 3 heterocycles. The fourth-order valence-corrected chi connectivity index (χ4v) is 11.0. The van der Waals surface area contributed by atoms with Crippen LogP contribution in [0.2, 0.25) is 0 Å². The summed E-state index contributed by atoms with van der Waals surface area (Å²) in [6.07, 6.45) is -11.6. The van der Waals surface area contributed by atoms with Crippen molar-refractivity contribution >= 4 is 0 Å². The van der Waals surface area contributed by atoms with Crippen molar-refractivity contribution < 1.29 is 62.3 Å². The molecule has 2 fully saturated rings. The van der Waals surface area contributed by atoms with Gasteiger partial charge in [-0.3, -0.25) is 0 Å². The fourth-order valence-electron chi connectivity index (χ4n) is 11.0. The largest absolute Gasteiger partial charge is 0.497 e. The predicted octanol–water partition coefficient (Wildman–Crippen LogP) is 11.1. The van der Waals surface area contributed by atoms with Crippen LogP contribution in [0.25, 0.3) is 0 Å². The second kappa shape index (κ2) is 28.9. The first-order valence-corrected chi connectivity index (χ1v) is 28.3. The Kier molecular flexibility index (Phi) is 20.1. The van der Waals surface area contributed by atoms with E-state index in [-0.39, 0.29) is 46.2 Å². The van der Waals surface area contributed by atoms with E-state index in [1.165, 1.54) is 0 Å². The first-order valence-electron chi connectivity index (χ1n) is 28.3. The number of methoxy groups -OCH3 is 1. The lowest BCUT2D eigenvalue weighted by molar-refractivity contribution is -0.370. The van der Waals surface area contributed by atoms with Gasteiger partial charge in [0.25, 0.3) is 0 Å². The lowest BCUT2D eigenvalue weighted by Gasteiger charge is -2.52. The molecule has 14 nitrogen and oxygen atoms in total. The summed E-state index contributed by atoms with van der Waals surface area (Å²) in [5.74, 6) is 1.07. The minimum atomic E-state index is -1.33. The van der Waals surface area contributed by atoms with Gasteiger partial charge in [0.1, 0.15) is 72.7 Å². The number of hydrogen-bond donors (Lipinski definition) is 2. The molecule has 0 amide bonds. The Labute approximate surface area is 485 Å². The standard InChI is InChI=1S/C69H71NO13/c1-73-54-36-38-55(39-37-54)80-68-60(70-66(71)56-34-20-21-35-57(56)67(70)72)63(77-43-51-28-14-5-15-29-51)62(59(81-68)47-75-41-49-24-10-3-11-25-49)83-69-65(79-45-53-32-18-7-19-33-53)64(78-44-52-30-16-6-17-31-52)61(76-42-50-26-12-4-13-27-50)58(82-69)46-74-40-48-22-8-2-9-23-48/h2-39,58-69,71-72H,40-47H2,1H3/t58-,59-,60-,61+,62-,63-,64+,65-,66?,67?,68-,69+/m1/s1. The van der Waals surface area contributed by atoms with Crippen LogP contribution in [0, 0.1) is 0 Å². The molecule has 14 heteroatoms. The SMILES string of the molecule is COc1ccc(O[C@@H]2O[C@H](COCc3ccccc3)[C@@H](O[C@@H]3O[C@H](COCc4ccccc4)[C@H](OCc4ccccc4)[C@H](OCc4ccccc4)[C@H]3OCc3ccccc3)[C@H](OCc3ccccc3)[C@H]2N2C(O)c3ccccc3C2O)cc1. The van der Waals surface area contributed by atoms with Crippen LogP contribution in [-0.2, 0) is 82.3 Å². The van der Waals surface area contributed by atoms with Gasteiger partial charge >= 0.3 is 0 Å². The maximum atomic E-state index is 12.6. The summed E-state index contributed by atoms with van der Waals surface area (Å²) in [7, 11) is 1.60. The number of fused-ring (bicyclic) bond motifs is 1. The normalized spacial score (nSPS) is 25.1. The summed E-state index contributed by atoms with van der Waals surface area (Å²) in [5.41, 5.74) is 6.67. The molecule has 12 atom stereocenters. The molecule has 0 saturated carbocycles. The molecule has 2 N–H and O–H groups in total. The summed E-state index contributed by atoms with van der Waals surface area (Å²) in [6, 6.07) is 72.9. The Balaban J connectivity index is 1.03. The molecule has 2 saturated heterocycles. The molecule has 0 bridgehead atoms. The van der Waals surface area contributed by atoms with Gasteiger partial charge in [0.15, 0.2) is 6.29 Å². The molecule has 0 aliphatic carbocycles. The highest BCUT2D eigenvalue weighted by atomic mass is 16.8. The summed E-state index contributed by atoms with van der Waals surface area (Å²) < 4.78 is 76.6. The Bertz CT molecular complexity index is 3120. The minimum Gasteiger partial charge on any atom is -0.497 e. The van der Waals surface area contributed by atoms with Crippen LogP contribution in [-0.4, -0.2) is 96.8 Å². The number of hydrogen-bond acceptors (Lipinski definition) is 14. The Morgan fingerprint density at radius 3 is 1.14 bits per heavy atom. The quantitative estimate of drug-likeness (QED) is 0.0530. The fraction of sp³-hybridized carbons (Fsp3) is 0.304. The van der Waals surface area contributed by atoms with Crippen LogP contribution in [0.4, 0.5) is 0 Å². The van der Waals surface area contributed by atoms with Gasteiger partial charge in [0.2, 0.25) is 6.29 Å². The molecule has 11 rings (SSSR count). The van der Waals surface area contributed by atoms with Crippen LogP contribution >= 0.6 is 0 Å². The van der Waals surface area contributed by atoms with Crippen molar-refractivity contribution in [2.75, 3.05) is 20.3 Å². The zero-order valence-corrected chi connectivity index (χ0v) is 46.4. The molecule has 0 radical (unpaired) electrons. The van der Waals surface area contributed by atoms with Gasteiger partial charge in [-0.05, 0) is 57.6 Å². The molecular weight excluding hydrogens is 1050 g/mol. The van der Waals surface area contributed by atoms with E-state index in [1.807, 2.05) is 194 Å². The van der Waals surface area contributed by atoms with E-state index in [4.69, 9.17) is 52.1 Å². The number of aliphatic hydroxyl groups is 2. The molecule has 3 aliphatic heterocycles. The number of nitrogens with zero attached hydrogens (tertiary/aromatic N) is 1. The lowest BCUT2D eigenvalue weighted by Crippen LogP contribution is -2.69. The van der Waals surface area contributed by atoms with Gasteiger partial charge in [-0.2, -0.15) is 0 Å². The van der Waals surface area contributed by atoms with E-state index < -0.39 is 73.8 Å². The van der Waals surface area contributed by atoms with Gasteiger partial charge in [-0.1, -0.05) is 206 Å². The number of aliphatic hydroxyl groups excluding tert-OH is 2. The van der Waals surface area contributed by atoms with Gasteiger partial charge in [-0.15, -0.1) is 0 Å². The monoisotopic (exact) mass is 1120 g/mol. The molecule has 430 valence electrons. The summed E-state index contributed by atoms with van der Waals surface area (Å²) in [4.78, 5) is 1.58. The molecule has 0 spiro atoms. The third-order valence-electron chi connectivity index (χ3n) is 15.2. The van der Waals surface area contributed by atoms with Crippen LogP contribution in [0.1, 0.15) is 57.0 Å². The highest BCUT2D eigenvalue weighted by Crippen LogP contribution is 2.46. The van der Waals surface area contributed by atoms with E-state index in [0.717, 1.165) is 33.4 Å². The van der Waals surface area contributed by atoms with Crippen molar-refractivity contribution in [2.45, 2.75) is 113 Å². The third-order valence-corrected chi connectivity index (χ3v) is 15.2. The van der Waals surface area contributed by atoms with Gasteiger partial charge in [0.05, 0.1) is 60.0 Å². The first-order chi connectivity index (χ1) is 41.0. The van der Waals surface area contributed by atoms with Crippen molar-refractivity contribution in [3.63, 3.8) is 0 Å². The van der Waals surface area contributed by atoms with Crippen molar-refractivity contribution in [2.24, 2.45) is 0 Å². The highest BCUT2D eigenvalue weighted by molar-refractivity contribution is 5.36. The second-order valence-corrected chi connectivity index (χ2v) is 20.8. The Morgan fingerprint density at radius 1 is 0.361 bits per heavy atom. The average molecular weight is 1120 g/mol. The number of ether oxygens (including phenoxy) is 11. The van der Waals surface area contributed by atoms with Crippen molar-refractivity contribution in [1.29, 1.82) is 0 Å². The lowest BCUT2D eigenvalue weighted by atomic mass is 9.93. The van der Waals surface area contributed by atoms with E-state index in [2.05, 4.69) is 0 Å². The Morgan fingerprint density at radius 2 is 0.711 bits per heavy atom. The van der Waals surface area contributed by atoms with Crippen molar-refractivity contribution in [3.05, 3.63) is 275 Å². The molecule has 3 aliphatic rings. The minimum absolute atomic E-state index is 0.0199. The second-order valence-electron chi connectivity index (χ2n) is 20.8. The summed E-state index contributed by atoms with van der Waals surface area (Å²) in [6.45, 7) is 1.29. The van der Waals surface area contributed by atoms with Crippen LogP contribution in [0.15, 0.2) is 231 Å². The zero-order chi connectivity index (χ0) is 56.6. The Hall–Kier alpha value is -7.12. The van der Waals surface area contributed by atoms with Crippen LogP contribution in [0.5, 0.6) is 11.5 Å². The number of rotatable bonds is 26. The van der Waals surface area contributed by atoms with Gasteiger partial charge < -0.3 is 62.3 Å². The first kappa shape index (κ1) is 57.7. The van der Waals surface area contributed by atoms with Gasteiger partial charge in [-0.25, -0.2) is 4.90 Å². The zero-order valence-electron chi connectivity index (χ0n) is 46.4. The van der Waals surface area contributed by atoms with Crippen molar-refractivity contribution in [3.8, 4) is 11.5 Å². The van der Waals surface area contributed by atoms with Crippen LogP contribution in [0.3, 0.4) is 0 Å². The van der Waals surface area contributed by atoms with E-state index in [0.29, 0.717) is 29.2 Å². The highest BCUT2D eigenvalue weighted by Gasteiger charge is 2.58. The topological polar surface area (TPSA) is 145 Å². The maximum Gasteiger partial charge on any atom is 0.218 e. The van der Waals surface area contributed by atoms with E-state index in [1.54, 1.807) is 48.4 Å². The average Bonchev–Trinajstić information content (AvgIpc) is 3.69. The molecule has 2 unspecified atom stereocenters. The smallest absolute Gasteiger partial charge is 0.218 e. The predicted molar refractivity (Wildman–Crippen MR) is 310 cm³/mol. The molecule has 8 aromatic rings. The number of benzene rings is 8. The summed E-state index contributed by atoms with van der Waals surface area (Å²) in [5, 5.41) is 25.1. The van der Waals surface area contributed by atoms with Crippen molar-refractivity contribution in [1.82, 2.24) is 4.90 Å².